The number of hydrogen-bond donors (Lipinski definition) is 4. The minimum atomic E-state index is -3.84. The molecule has 0 bridgehead atoms. The molecular weight excluding hydrogens is 870 g/mol. The number of imidazole rings is 2. The fourth-order valence-corrected chi connectivity index (χ4v) is 9.73. The number of benzene rings is 2. The first-order valence-corrected chi connectivity index (χ1v) is 23.9. The van der Waals surface area contributed by atoms with E-state index in [0.717, 1.165) is 0 Å². The van der Waals surface area contributed by atoms with Crippen LogP contribution in [0.1, 0.15) is 40.5 Å². The van der Waals surface area contributed by atoms with Crippen molar-refractivity contribution in [3.8, 4) is 11.5 Å². The quantitative estimate of drug-likeness (QED) is 0.0336. The Labute approximate surface area is 368 Å². The molecule has 0 spiro atoms. The maximum absolute atomic E-state index is 14.1. The third-order valence-electron chi connectivity index (χ3n) is 9.33. The van der Waals surface area contributed by atoms with Crippen LogP contribution in [0.5, 0.6) is 11.5 Å². The topological polar surface area (TPSA) is 287 Å². The number of unbranched alkanes of at least 4 members (excludes halogenated alkanes) is 1. The van der Waals surface area contributed by atoms with E-state index in [-0.39, 0.29) is 37.5 Å². The number of anilines is 2. The first-order valence-electron chi connectivity index (χ1n) is 20.3. The Morgan fingerprint density at radius 2 is 1.00 bits per heavy atom. The molecule has 6 rings (SSSR count). The molecule has 6 aromatic rings. The van der Waals surface area contributed by atoms with Gasteiger partial charge < -0.3 is 48.6 Å². The highest BCUT2D eigenvalue weighted by atomic mass is 31.2. The summed E-state index contributed by atoms with van der Waals surface area (Å²) in [4.78, 5) is 51.0. The molecule has 342 valence electrons. The van der Waals surface area contributed by atoms with Crippen molar-refractivity contribution in [3.63, 3.8) is 0 Å². The number of nitrogens with one attached hydrogen (secondary N) is 2. The van der Waals surface area contributed by atoms with E-state index >= 15 is 0 Å². The van der Waals surface area contributed by atoms with Crippen molar-refractivity contribution in [2.24, 2.45) is 0 Å². The Morgan fingerprint density at radius 1 is 0.609 bits per heavy atom. The summed E-state index contributed by atoms with van der Waals surface area (Å²) in [6, 6.07) is 14.9. The summed E-state index contributed by atoms with van der Waals surface area (Å²) in [6.45, 7) is 7.17. The number of nitrogens with zero attached hydrogens (tertiary/aromatic N) is 8. The summed E-state index contributed by atoms with van der Waals surface area (Å²) in [5.41, 5.74) is 13.8. The fourth-order valence-electron chi connectivity index (χ4n) is 6.15. The lowest BCUT2D eigenvalue weighted by atomic mass is 10.3. The van der Waals surface area contributed by atoms with E-state index in [1.807, 2.05) is 0 Å². The number of rotatable bonds is 25. The van der Waals surface area contributed by atoms with Crippen LogP contribution in [0.3, 0.4) is 0 Å². The van der Waals surface area contributed by atoms with Crippen LogP contribution in [-0.2, 0) is 50.8 Å². The van der Waals surface area contributed by atoms with Crippen LogP contribution >= 0.6 is 15.0 Å². The van der Waals surface area contributed by atoms with Gasteiger partial charge in [0.1, 0.15) is 60.0 Å². The van der Waals surface area contributed by atoms with Crippen LogP contribution in [0.4, 0.5) is 11.6 Å². The first kappa shape index (κ1) is 47.5. The molecule has 24 heteroatoms. The monoisotopic (exact) mass is 922 g/mol. The second-order valence-corrected chi connectivity index (χ2v) is 18.9. The van der Waals surface area contributed by atoms with Crippen molar-refractivity contribution in [1.29, 1.82) is 0 Å². The molecule has 6 N–H and O–H groups in total. The number of ether oxygens (including phenoxy) is 4. The molecular formula is C40H52N12O10P2. The molecule has 64 heavy (non-hydrogen) atoms. The van der Waals surface area contributed by atoms with Crippen molar-refractivity contribution in [2.75, 3.05) is 37.4 Å². The third kappa shape index (κ3) is 13.3. The molecule has 0 aliphatic carbocycles. The van der Waals surface area contributed by atoms with E-state index in [9.17, 15) is 18.7 Å². The zero-order valence-corrected chi connectivity index (χ0v) is 37.5. The lowest BCUT2D eigenvalue weighted by molar-refractivity contribution is -0.147. The van der Waals surface area contributed by atoms with Crippen molar-refractivity contribution >= 4 is 60.9 Å². The lowest BCUT2D eigenvalue weighted by Gasteiger charge is -2.25. The van der Waals surface area contributed by atoms with E-state index in [0.29, 0.717) is 59.8 Å². The second kappa shape index (κ2) is 22.1. The maximum Gasteiger partial charge on any atom is 0.342 e. The predicted molar refractivity (Wildman–Crippen MR) is 236 cm³/mol. The highest BCUT2D eigenvalue weighted by molar-refractivity contribution is 7.57. The van der Waals surface area contributed by atoms with Gasteiger partial charge in [0.05, 0.1) is 51.2 Å². The molecule has 2 aromatic carbocycles. The van der Waals surface area contributed by atoms with Crippen LogP contribution < -0.4 is 30.7 Å². The van der Waals surface area contributed by atoms with Gasteiger partial charge >= 0.3 is 27.0 Å². The minimum absolute atomic E-state index is 0.00857. The van der Waals surface area contributed by atoms with Gasteiger partial charge in [-0.2, -0.15) is 0 Å². The number of nitrogen functional groups attached to an aromatic ring is 2. The predicted octanol–water partition coefficient (Wildman–Crippen LogP) is 4.92. The summed E-state index contributed by atoms with van der Waals surface area (Å²) in [5, 5.41) is 5.57. The molecule has 0 amide bonds. The van der Waals surface area contributed by atoms with Crippen LogP contribution in [0.2, 0.25) is 0 Å². The summed E-state index contributed by atoms with van der Waals surface area (Å²) in [5.74, 6) is -0.224. The third-order valence-corrected chi connectivity index (χ3v) is 12.9. The molecule has 4 aromatic heterocycles. The second-order valence-electron chi connectivity index (χ2n) is 14.8. The fraction of sp³-hybridized carbons (Fsp3) is 0.400. The summed E-state index contributed by atoms with van der Waals surface area (Å²) in [7, 11) is -7.69. The number of nitrogens with two attached hydrogens (primary N) is 2. The first-order chi connectivity index (χ1) is 30.7. The Bertz CT molecular complexity index is 2390. The van der Waals surface area contributed by atoms with Gasteiger partial charge in [0.15, 0.2) is 22.9 Å². The van der Waals surface area contributed by atoms with E-state index in [1.165, 1.54) is 26.5 Å². The van der Waals surface area contributed by atoms with Gasteiger partial charge in [-0.25, -0.2) is 40.1 Å². The normalized spacial score (nSPS) is 15.4. The molecule has 2 unspecified atom stereocenters. The Balaban J connectivity index is 0.942. The van der Waals surface area contributed by atoms with Crippen LogP contribution in [0.15, 0.2) is 86.0 Å². The SMILES string of the molecule is C[C@H](Cn1cnc2c(N)ncnc21)OCP(=O)(N[C@@H](C)C(=O)OCCCCOC(=O)[C@H](C)NP(=O)(CO[C@H](C)Cn1cnc2c(N)ncnc21)Oc1ccccc1)Oc1ccccc1. The molecule has 0 aliphatic heterocycles. The van der Waals surface area contributed by atoms with Gasteiger partial charge in [-0.05, 0) is 64.8 Å². The van der Waals surface area contributed by atoms with Crippen LogP contribution in [0, 0.1) is 0 Å². The number of hydrogen-bond acceptors (Lipinski definition) is 18. The van der Waals surface area contributed by atoms with Gasteiger partial charge in [-0.1, -0.05) is 36.4 Å². The number of carbonyl (C=O) groups excluding carboxylic acids is 2. The summed E-state index contributed by atoms with van der Waals surface area (Å²) in [6.07, 6.45) is 4.80. The Morgan fingerprint density at radius 3 is 1.39 bits per heavy atom. The Kier molecular flexibility index (Phi) is 16.4. The average Bonchev–Trinajstić information content (AvgIpc) is 3.89. The standard InChI is InChI=1S/C40H52N12O10P2/c1-27(19-51-23-47-33-35(41)43-21-45-37(33)51)59-25-63(55,61-31-13-7-5-8-14-31)49-29(3)39(53)57-17-11-12-18-58-40(54)30(4)50-64(56,62-32-15-9-6-10-16-32)26-60-28(2)20-52-24-48-34-36(42)44-22-46-38(34)52/h5-10,13-16,21-24,27-30H,11-12,17-20,25-26H2,1-4H3,(H,49,55)(H,50,56)(H2,41,43,45)(H2,42,44,46)/t27-,28-,29+,30+,63?,64?/m1/s1. The molecule has 0 aliphatic rings. The number of para-hydroxylation sites is 2. The molecule has 0 saturated heterocycles. The van der Waals surface area contributed by atoms with Gasteiger partial charge in [0.25, 0.3) is 0 Å². The van der Waals surface area contributed by atoms with Crippen LogP contribution in [-0.4, -0.2) is 101 Å². The lowest BCUT2D eigenvalue weighted by Crippen LogP contribution is -2.36. The molecule has 0 fully saturated rings. The van der Waals surface area contributed by atoms with Gasteiger partial charge in [0.2, 0.25) is 0 Å². The maximum atomic E-state index is 14.1. The van der Waals surface area contributed by atoms with Gasteiger partial charge in [-0.15, -0.1) is 0 Å². The van der Waals surface area contributed by atoms with Crippen molar-refractivity contribution in [3.05, 3.63) is 86.0 Å². The number of esters is 2. The molecule has 4 heterocycles. The smallest absolute Gasteiger partial charge is 0.342 e. The molecule has 0 radical (unpaired) electrons. The van der Waals surface area contributed by atoms with Gasteiger partial charge in [0, 0.05) is 0 Å². The van der Waals surface area contributed by atoms with Crippen molar-refractivity contribution in [1.82, 2.24) is 49.2 Å². The molecule has 6 atom stereocenters. The number of aromatic nitrogens is 8. The van der Waals surface area contributed by atoms with E-state index < -0.39 is 51.3 Å². The zero-order valence-electron chi connectivity index (χ0n) is 35.8. The van der Waals surface area contributed by atoms with Crippen molar-refractivity contribution in [2.45, 2.75) is 77.9 Å². The largest absolute Gasteiger partial charge is 0.465 e. The molecule has 22 nitrogen and oxygen atoms in total. The number of carbonyl (C=O) groups is 2. The van der Waals surface area contributed by atoms with Gasteiger partial charge in [-0.3, -0.25) is 18.7 Å². The molecule has 0 saturated carbocycles. The number of fused-ring (bicyclic) bond motifs is 2. The minimum Gasteiger partial charge on any atom is -0.465 e. The highest BCUT2D eigenvalue weighted by Crippen LogP contribution is 2.45. The highest BCUT2D eigenvalue weighted by Gasteiger charge is 2.33. The average molecular weight is 923 g/mol. The van der Waals surface area contributed by atoms with Crippen molar-refractivity contribution < 1.29 is 46.7 Å². The van der Waals surface area contributed by atoms with Crippen LogP contribution in [0.25, 0.3) is 22.3 Å². The van der Waals surface area contributed by atoms with E-state index in [4.69, 9.17) is 39.5 Å². The van der Waals surface area contributed by atoms with E-state index in [1.54, 1.807) is 96.3 Å². The zero-order chi connectivity index (χ0) is 45.7. The van der Waals surface area contributed by atoms with E-state index in [2.05, 4.69) is 40.1 Å². The summed E-state index contributed by atoms with van der Waals surface area (Å²) < 4.78 is 66.3. The summed E-state index contributed by atoms with van der Waals surface area (Å²) >= 11 is 0. The Hall–Kier alpha value is -6.02.